The third-order valence-corrected chi connectivity index (χ3v) is 4.71. The molecule has 5 nitrogen and oxygen atoms in total. The molecule has 0 N–H and O–H groups in total. The van der Waals surface area contributed by atoms with Crippen LogP contribution < -0.4 is 0 Å². The summed E-state index contributed by atoms with van der Waals surface area (Å²) < 4.78 is 101. The highest BCUT2D eigenvalue weighted by Gasteiger charge is 2.33. The standard InChI is InChI=1S/C12H5F4N3.C11H5ClF4N2/c1-17-11-4-8(9(13)6-19-11)7-2-3-10(18-5-7)12(14,15)16;12-10-3-7(8(13)5-18-10)6-1-2-9(17-4-6)11(14,15)16/h2-6H;1-5H. The van der Waals surface area contributed by atoms with E-state index in [1.54, 1.807) is 0 Å². The first-order valence-electron chi connectivity index (χ1n) is 9.71. The topological polar surface area (TPSA) is 55.9 Å². The number of nitrogens with zero attached hydrogens (tertiary/aromatic N) is 5. The van der Waals surface area contributed by atoms with Crippen LogP contribution in [0, 0.1) is 18.2 Å². The number of alkyl halides is 6. The summed E-state index contributed by atoms with van der Waals surface area (Å²) in [5.41, 5.74) is -1.70. The highest BCUT2D eigenvalue weighted by atomic mass is 35.5. The molecule has 37 heavy (non-hydrogen) atoms. The lowest BCUT2D eigenvalue weighted by Gasteiger charge is -2.07. The zero-order chi connectivity index (χ0) is 27.4. The van der Waals surface area contributed by atoms with E-state index in [-0.39, 0.29) is 33.2 Å². The SMILES string of the molecule is Fc1cnc(Cl)cc1-c1ccc(C(F)(F)F)nc1.[C-]#[N+]c1cc(-c2ccc(C(F)(F)F)nc2)c(F)cn1. The first-order chi connectivity index (χ1) is 17.3. The molecule has 0 aliphatic heterocycles. The molecule has 0 spiro atoms. The van der Waals surface area contributed by atoms with Crippen molar-refractivity contribution in [1.82, 2.24) is 19.9 Å². The van der Waals surface area contributed by atoms with Gasteiger partial charge in [-0.2, -0.15) is 26.3 Å². The summed E-state index contributed by atoms with van der Waals surface area (Å²) in [5.74, 6) is -1.45. The quantitative estimate of drug-likeness (QED) is 0.147. The van der Waals surface area contributed by atoms with Gasteiger partial charge >= 0.3 is 12.4 Å². The Hall–Kier alpha value is -4.18. The molecule has 0 unspecified atom stereocenters. The van der Waals surface area contributed by atoms with Crippen molar-refractivity contribution in [2.75, 3.05) is 0 Å². The summed E-state index contributed by atoms with van der Waals surface area (Å²) in [4.78, 5) is 16.5. The first kappa shape index (κ1) is 27.4. The molecule has 4 rings (SSSR count). The Morgan fingerprint density at radius 1 is 0.649 bits per heavy atom. The maximum Gasteiger partial charge on any atom is 0.433 e. The zero-order valence-electron chi connectivity index (χ0n) is 17.9. The Kier molecular flexibility index (Phi) is 8.03. The molecule has 4 heterocycles. The maximum absolute atomic E-state index is 13.5. The summed E-state index contributed by atoms with van der Waals surface area (Å²) in [6.45, 7) is 6.77. The molecule has 0 aliphatic rings. The lowest BCUT2D eigenvalue weighted by Crippen LogP contribution is -2.07. The normalized spacial score (nSPS) is 11.4. The van der Waals surface area contributed by atoms with Crippen molar-refractivity contribution in [3.63, 3.8) is 0 Å². The van der Waals surface area contributed by atoms with E-state index < -0.39 is 35.4 Å². The number of rotatable bonds is 2. The number of hydrogen-bond acceptors (Lipinski definition) is 4. The molecule has 0 atom stereocenters. The van der Waals surface area contributed by atoms with Crippen molar-refractivity contribution >= 4 is 17.4 Å². The smallest absolute Gasteiger partial charge is 0.361 e. The highest BCUT2D eigenvalue weighted by molar-refractivity contribution is 6.29. The third-order valence-electron chi connectivity index (χ3n) is 4.51. The van der Waals surface area contributed by atoms with Gasteiger partial charge in [0.2, 0.25) is 0 Å². The van der Waals surface area contributed by atoms with Crippen molar-refractivity contribution in [1.29, 1.82) is 0 Å². The summed E-state index contributed by atoms with van der Waals surface area (Å²) in [6, 6.07) is 6.15. The van der Waals surface area contributed by atoms with Gasteiger partial charge in [0.1, 0.15) is 22.4 Å². The molecule has 0 saturated heterocycles. The minimum atomic E-state index is -4.54. The molecule has 0 fully saturated rings. The summed E-state index contributed by atoms with van der Waals surface area (Å²) >= 11 is 5.59. The number of hydrogen-bond donors (Lipinski definition) is 0. The van der Waals surface area contributed by atoms with Crippen LogP contribution in [0.3, 0.4) is 0 Å². The molecule has 0 amide bonds. The Labute approximate surface area is 208 Å². The van der Waals surface area contributed by atoms with E-state index in [2.05, 4.69) is 24.8 Å². The Bertz CT molecular complexity index is 1430. The molecular formula is C23H10ClF8N5. The van der Waals surface area contributed by atoms with Gasteiger partial charge in [-0.05, 0) is 24.3 Å². The molecular weight excluding hydrogens is 534 g/mol. The summed E-state index contributed by atoms with van der Waals surface area (Å²) in [7, 11) is 0. The second-order valence-electron chi connectivity index (χ2n) is 6.98. The average Bonchev–Trinajstić information content (AvgIpc) is 2.85. The Morgan fingerprint density at radius 2 is 1.11 bits per heavy atom. The van der Waals surface area contributed by atoms with Gasteiger partial charge in [0.15, 0.2) is 12.0 Å². The van der Waals surface area contributed by atoms with E-state index in [0.717, 1.165) is 55.1 Å². The van der Waals surface area contributed by atoms with Crippen LogP contribution in [0.4, 0.5) is 40.9 Å². The van der Waals surface area contributed by atoms with Crippen LogP contribution in [-0.4, -0.2) is 19.9 Å². The second-order valence-corrected chi connectivity index (χ2v) is 7.37. The largest absolute Gasteiger partial charge is 0.433 e. The number of aromatic nitrogens is 4. The molecule has 4 aromatic heterocycles. The van der Waals surface area contributed by atoms with Crippen molar-refractivity contribution in [2.45, 2.75) is 12.4 Å². The Morgan fingerprint density at radius 3 is 1.51 bits per heavy atom. The third kappa shape index (κ3) is 6.95. The molecule has 4 aromatic rings. The van der Waals surface area contributed by atoms with Gasteiger partial charge in [0, 0.05) is 34.6 Å². The van der Waals surface area contributed by atoms with Crippen LogP contribution in [0.15, 0.2) is 61.2 Å². The minimum absolute atomic E-state index is 0.0118. The van der Waals surface area contributed by atoms with Gasteiger partial charge < -0.3 is 4.85 Å². The number of halogens is 9. The predicted molar refractivity (Wildman–Crippen MR) is 116 cm³/mol. The fourth-order valence-corrected chi connectivity index (χ4v) is 2.94. The van der Waals surface area contributed by atoms with E-state index in [0.29, 0.717) is 0 Å². The molecule has 0 saturated carbocycles. The van der Waals surface area contributed by atoms with Gasteiger partial charge in [-0.3, -0.25) is 9.97 Å². The average molecular weight is 544 g/mol. The fourth-order valence-electron chi connectivity index (χ4n) is 2.79. The van der Waals surface area contributed by atoms with Gasteiger partial charge in [-0.15, -0.1) is 4.98 Å². The van der Waals surface area contributed by atoms with Crippen LogP contribution in [0.25, 0.3) is 27.1 Å². The molecule has 0 bridgehead atoms. The van der Waals surface area contributed by atoms with Gasteiger partial charge in [0.25, 0.3) is 5.82 Å². The van der Waals surface area contributed by atoms with Crippen LogP contribution >= 0.6 is 11.6 Å². The first-order valence-corrected chi connectivity index (χ1v) is 10.1. The predicted octanol–water partition coefficient (Wildman–Crippen LogP) is 7.81. The maximum atomic E-state index is 13.5. The lowest BCUT2D eigenvalue weighted by molar-refractivity contribution is -0.141. The molecule has 190 valence electrons. The van der Waals surface area contributed by atoms with Crippen LogP contribution in [0.2, 0.25) is 5.15 Å². The van der Waals surface area contributed by atoms with Crippen molar-refractivity contribution in [3.8, 4) is 22.3 Å². The van der Waals surface area contributed by atoms with Gasteiger partial charge in [-0.1, -0.05) is 30.3 Å². The van der Waals surface area contributed by atoms with Crippen molar-refractivity contribution < 1.29 is 35.1 Å². The summed E-state index contributed by atoms with van der Waals surface area (Å²) in [5, 5.41) is 0.0475. The molecule has 14 heteroatoms. The van der Waals surface area contributed by atoms with E-state index in [1.165, 1.54) is 6.07 Å². The Balaban J connectivity index is 0.000000206. The zero-order valence-corrected chi connectivity index (χ0v) is 18.7. The van der Waals surface area contributed by atoms with E-state index in [9.17, 15) is 35.1 Å². The van der Waals surface area contributed by atoms with Crippen LogP contribution in [0.5, 0.6) is 0 Å². The van der Waals surface area contributed by atoms with Crippen LogP contribution in [0.1, 0.15) is 11.4 Å². The molecule has 0 radical (unpaired) electrons. The minimum Gasteiger partial charge on any atom is -0.361 e. The van der Waals surface area contributed by atoms with Gasteiger partial charge in [0.05, 0.1) is 6.20 Å². The van der Waals surface area contributed by atoms with Gasteiger partial charge in [-0.25, -0.2) is 13.8 Å². The summed E-state index contributed by atoms with van der Waals surface area (Å²) in [6.07, 6.45) is -5.47. The number of pyridine rings is 4. The van der Waals surface area contributed by atoms with E-state index >= 15 is 0 Å². The van der Waals surface area contributed by atoms with E-state index in [1.807, 2.05) is 0 Å². The molecule has 0 aromatic carbocycles. The van der Waals surface area contributed by atoms with Crippen molar-refractivity contribution in [2.24, 2.45) is 0 Å². The van der Waals surface area contributed by atoms with E-state index in [4.69, 9.17) is 18.2 Å². The fraction of sp³-hybridized carbons (Fsp3) is 0.0870. The monoisotopic (exact) mass is 543 g/mol. The lowest BCUT2D eigenvalue weighted by atomic mass is 10.1. The molecule has 0 aliphatic carbocycles. The van der Waals surface area contributed by atoms with Crippen LogP contribution in [-0.2, 0) is 12.4 Å². The van der Waals surface area contributed by atoms with Crippen molar-refractivity contribution in [3.05, 3.63) is 101 Å². The second kappa shape index (κ2) is 10.8. The highest BCUT2D eigenvalue weighted by Crippen LogP contribution is 2.31.